The van der Waals surface area contributed by atoms with Crippen LogP contribution in [0.4, 0.5) is 0 Å². The fourth-order valence-corrected chi connectivity index (χ4v) is 1.37. The molecule has 2 aliphatic rings. The minimum atomic E-state index is -0.0440. The SMILES string of the molecule is O=C([C]1[CH][CH][CH][CH]1)n1ccnc1.[CH]1[CH][CH][CH][CH]1.[Fe+2]. The molecule has 2 fully saturated rings. The first kappa shape index (κ1) is 15.5. The van der Waals surface area contributed by atoms with E-state index in [0.717, 1.165) is 0 Å². The Bertz CT molecular complexity index is 320. The summed E-state index contributed by atoms with van der Waals surface area (Å²) in [6.45, 7) is 0. The van der Waals surface area contributed by atoms with Gasteiger partial charge in [-0.25, -0.2) is 4.98 Å². The molecular formula is C14H12FeN2O+2. The monoisotopic (exact) mass is 280 g/mol. The van der Waals surface area contributed by atoms with Gasteiger partial charge in [0, 0.05) is 12.4 Å². The Morgan fingerprint density at radius 3 is 1.94 bits per heavy atom. The van der Waals surface area contributed by atoms with Gasteiger partial charge in [-0.3, -0.25) is 9.36 Å². The van der Waals surface area contributed by atoms with Crippen molar-refractivity contribution in [3.63, 3.8) is 0 Å². The third-order valence-electron chi connectivity index (χ3n) is 2.20. The molecule has 0 N–H and O–H groups in total. The summed E-state index contributed by atoms with van der Waals surface area (Å²) in [7, 11) is 0. The second kappa shape index (κ2) is 8.49. The molecule has 90 valence electrons. The van der Waals surface area contributed by atoms with E-state index in [2.05, 4.69) is 4.98 Å². The van der Waals surface area contributed by atoms with Crippen LogP contribution in [-0.2, 0) is 17.1 Å². The van der Waals surface area contributed by atoms with Crippen LogP contribution in [0.15, 0.2) is 18.7 Å². The van der Waals surface area contributed by atoms with Crippen molar-refractivity contribution in [1.82, 2.24) is 9.55 Å². The van der Waals surface area contributed by atoms with Crippen molar-refractivity contribution in [2.45, 2.75) is 0 Å². The molecule has 1 heterocycles. The van der Waals surface area contributed by atoms with Crippen LogP contribution in [0.3, 0.4) is 0 Å². The van der Waals surface area contributed by atoms with Crippen molar-refractivity contribution in [1.29, 1.82) is 0 Å². The van der Waals surface area contributed by atoms with Crippen LogP contribution < -0.4 is 0 Å². The van der Waals surface area contributed by atoms with E-state index in [1.54, 1.807) is 25.2 Å². The molecule has 0 aliphatic heterocycles. The number of imidazole rings is 1. The molecule has 3 rings (SSSR count). The molecule has 3 nitrogen and oxygen atoms in total. The van der Waals surface area contributed by atoms with E-state index >= 15 is 0 Å². The molecule has 2 saturated carbocycles. The fraction of sp³-hybridized carbons (Fsp3) is 0. The van der Waals surface area contributed by atoms with Gasteiger partial charge in [-0.1, -0.05) is 0 Å². The summed E-state index contributed by atoms with van der Waals surface area (Å²) in [6.07, 6.45) is 21.9. The number of rotatable bonds is 1. The summed E-state index contributed by atoms with van der Waals surface area (Å²) >= 11 is 0. The van der Waals surface area contributed by atoms with Gasteiger partial charge in [0.15, 0.2) is 0 Å². The predicted molar refractivity (Wildman–Crippen MR) is 64.8 cm³/mol. The molecule has 0 bridgehead atoms. The third kappa shape index (κ3) is 4.58. The Labute approximate surface area is 120 Å². The van der Waals surface area contributed by atoms with Gasteiger partial charge in [0.25, 0.3) is 0 Å². The summed E-state index contributed by atoms with van der Waals surface area (Å²) in [4.78, 5) is 15.3. The van der Waals surface area contributed by atoms with Gasteiger partial charge in [0.1, 0.15) is 6.33 Å². The van der Waals surface area contributed by atoms with Crippen LogP contribution >= 0.6 is 0 Å². The molecule has 0 unspecified atom stereocenters. The Hall–Kier alpha value is -0.601. The summed E-state index contributed by atoms with van der Waals surface area (Å²) < 4.78 is 1.45. The number of carbonyl (C=O) groups excluding carboxylic acids is 1. The van der Waals surface area contributed by atoms with Crippen LogP contribution in [0.25, 0.3) is 0 Å². The van der Waals surface area contributed by atoms with Gasteiger partial charge in [0.2, 0.25) is 5.91 Å². The quantitative estimate of drug-likeness (QED) is 0.737. The number of hydrogen-bond acceptors (Lipinski definition) is 2. The van der Waals surface area contributed by atoms with Gasteiger partial charge in [-0.15, -0.1) is 0 Å². The van der Waals surface area contributed by atoms with Gasteiger partial charge in [-0.05, 0) is 57.8 Å². The first-order chi connectivity index (χ1) is 8.38. The van der Waals surface area contributed by atoms with Crippen LogP contribution in [0.1, 0.15) is 4.79 Å². The summed E-state index contributed by atoms with van der Waals surface area (Å²) in [5.74, 6) is 0.644. The molecular weight excluding hydrogens is 268 g/mol. The van der Waals surface area contributed by atoms with Crippen molar-refractivity contribution < 1.29 is 21.9 Å². The average molecular weight is 280 g/mol. The fourth-order valence-electron chi connectivity index (χ4n) is 1.37. The zero-order valence-electron chi connectivity index (χ0n) is 9.58. The van der Waals surface area contributed by atoms with E-state index in [9.17, 15) is 4.79 Å². The average Bonchev–Trinajstić information content (AvgIpc) is 3.11. The molecule has 1 aromatic heterocycles. The smallest absolute Gasteiger partial charge is 0.276 e. The predicted octanol–water partition coefficient (Wildman–Crippen LogP) is 1.95. The summed E-state index contributed by atoms with van der Waals surface area (Å²) in [5, 5.41) is 0. The number of carbonyl (C=O) groups is 1. The van der Waals surface area contributed by atoms with E-state index in [1.807, 2.05) is 44.9 Å². The Balaban J connectivity index is 0.000000230. The number of aromatic nitrogens is 2. The topological polar surface area (TPSA) is 34.9 Å². The van der Waals surface area contributed by atoms with Crippen LogP contribution in [0, 0.1) is 63.7 Å². The van der Waals surface area contributed by atoms with Gasteiger partial charge < -0.3 is 0 Å². The van der Waals surface area contributed by atoms with Crippen molar-refractivity contribution in [2.75, 3.05) is 0 Å². The van der Waals surface area contributed by atoms with E-state index in [1.165, 1.54) is 10.9 Å². The largest absolute Gasteiger partial charge is 2.00 e. The maximum atomic E-state index is 11.5. The second-order valence-electron chi connectivity index (χ2n) is 3.41. The molecule has 0 aromatic carbocycles. The molecule has 4 heteroatoms. The molecule has 0 saturated heterocycles. The number of nitrogens with zero attached hydrogens (tertiary/aromatic N) is 2. The zero-order valence-corrected chi connectivity index (χ0v) is 10.7. The Morgan fingerprint density at radius 2 is 1.50 bits per heavy atom. The summed E-state index contributed by atoms with van der Waals surface area (Å²) in [6, 6.07) is 0. The van der Waals surface area contributed by atoms with Crippen molar-refractivity contribution in [2.24, 2.45) is 0 Å². The first-order valence-electron chi connectivity index (χ1n) is 5.29. The van der Waals surface area contributed by atoms with Crippen LogP contribution in [0.5, 0.6) is 0 Å². The van der Waals surface area contributed by atoms with Gasteiger partial charge in [-0.2, -0.15) is 0 Å². The number of hydrogen-bond donors (Lipinski definition) is 0. The molecule has 18 heavy (non-hydrogen) atoms. The van der Waals surface area contributed by atoms with Crippen LogP contribution in [-0.4, -0.2) is 15.5 Å². The zero-order chi connectivity index (χ0) is 11.9. The molecule has 0 spiro atoms. The van der Waals surface area contributed by atoms with E-state index < -0.39 is 0 Å². The summed E-state index contributed by atoms with van der Waals surface area (Å²) in [5.41, 5.74) is 0. The van der Waals surface area contributed by atoms with E-state index in [-0.39, 0.29) is 23.0 Å². The second-order valence-corrected chi connectivity index (χ2v) is 3.41. The van der Waals surface area contributed by atoms with Crippen LogP contribution in [0.2, 0.25) is 0 Å². The van der Waals surface area contributed by atoms with Crippen molar-refractivity contribution in [3.05, 3.63) is 82.4 Å². The van der Waals surface area contributed by atoms with Gasteiger partial charge >= 0.3 is 17.1 Å². The van der Waals surface area contributed by atoms with E-state index in [4.69, 9.17) is 0 Å². The van der Waals surface area contributed by atoms with Crippen molar-refractivity contribution >= 4 is 5.91 Å². The molecule has 0 amide bonds. The maximum absolute atomic E-state index is 11.5. The third-order valence-corrected chi connectivity index (χ3v) is 2.20. The molecule has 2 aliphatic carbocycles. The molecule has 0 atom stereocenters. The first-order valence-corrected chi connectivity index (χ1v) is 5.29. The maximum Gasteiger partial charge on any atom is 2.00 e. The standard InChI is InChI=1S/C9H7N2O.C5H5.Fe/c12-9(8-3-1-2-4-8)11-6-5-10-7-11;1-2-4-5-3-1;/h1-7H;1-5H;/q;;+2. The minimum absolute atomic E-state index is 0. The molecule has 1 aromatic rings. The van der Waals surface area contributed by atoms with Gasteiger partial charge in [0.05, 0.1) is 5.92 Å². The minimum Gasteiger partial charge on any atom is -0.276 e. The Kier molecular flexibility index (Phi) is 7.29. The van der Waals surface area contributed by atoms with Crippen molar-refractivity contribution in [3.8, 4) is 0 Å². The van der Waals surface area contributed by atoms with E-state index in [0.29, 0.717) is 5.92 Å². The molecule has 10 radical (unpaired) electrons. The normalized spacial score (nSPS) is 18.9. The Morgan fingerprint density at radius 1 is 0.944 bits per heavy atom.